The van der Waals surface area contributed by atoms with Gasteiger partial charge in [-0.15, -0.1) is 0 Å². The third-order valence-electron chi connectivity index (χ3n) is 3.73. The lowest BCUT2D eigenvalue weighted by molar-refractivity contribution is -0.140. The summed E-state index contributed by atoms with van der Waals surface area (Å²) in [5, 5.41) is 6.49. The average molecular weight is 417 g/mol. The highest BCUT2D eigenvalue weighted by molar-refractivity contribution is 7.92. The van der Waals surface area contributed by atoms with Crippen LogP contribution in [-0.4, -0.2) is 31.7 Å². The third-order valence-corrected chi connectivity index (χ3v) is 5.17. The molecule has 0 atom stereocenters. The Balaban J connectivity index is 2.05. The van der Waals surface area contributed by atoms with Gasteiger partial charge in [-0.25, -0.2) is 17.6 Å². The molecule has 3 aromatic rings. The molecule has 1 aromatic heterocycles. The summed E-state index contributed by atoms with van der Waals surface area (Å²) in [4.78, 5) is 10.6. The van der Waals surface area contributed by atoms with Crippen LogP contribution in [0.15, 0.2) is 41.3 Å². The van der Waals surface area contributed by atoms with E-state index >= 15 is 0 Å². The van der Waals surface area contributed by atoms with E-state index < -0.39 is 38.4 Å². The molecule has 28 heavy (non-hydrogen) atoms. The summed E-state index contributed by atoms with van der Waals surface area (Å²) in [6.45, 7) is 0. The SMILES string of the molecule is COC(=O)c1n[nH]c2ccc(NS(=O)(=O)c3ccc(F)cc3C(F)(F)F)cc12. The summed E-state index contributed by atoms with van der Waals surface area (Å²) in [7, 11) is -3.59. The number of sulfonamides is 1. The Kier molecular flexibility index (Phi) is 4.75. The number of rotatable bonds is 4. The van der Waals surface area contributed by atoms with Gasteiger partial charge in [0, 0.05) is 11.1 Å². The number of esters is 1. The topological polar surface area (TPSA) is 101 Å². The van der Waals surface area contributed by atoms with Gasteiger partial charge >= 0.3 is 12.1 Å². The predicted octanol–water partition coefficient (Wildman–Crippen LogP) is 3.31. The van der Waals surface area contributed by atoms with Crippen molar-refractivity contribution in [2.75, 3.05) is 11.8 Å². The van der Waals surface area contributed by atoms with Crippen molar-refractivity contribution in [1.29, 1.82) is 0 Å². The van der Waals surface area contributed by atoms with E-state index in [-0.39, 0.29) is 22.8 Å². The molecule has 1 heterocycles. The van der Waals surface area contributed by atoms with Gasteiger partial charge in [0.15, 0.2) is 5.69 Å². The summed E-state index contributed by atoms with van der Waals surface area (Å²) < 4.78 is 84.1. The fraction of sp³-hybridized carbons (Fsp3) is 0.125. The maximum atomic E-state index is 13.2. The number of halogens is 4. The van der Waals surface area contributed by atoms with Gasteiger partial charge in [0.05, 0.1) is 23.1 Å². The summed E-state index contributed by atoms with van der Waals surface area (Å²) in [5.41, 5.74) is -1.52. The minimum absolute atomic E-state index is 0.100. The van der Waals surface area contributed by atoms with Gasteiger partial charge in [-0.05, 0) is 36.4 Å². The standard InChI is InChI=1S/C16H11F4N3O4S/c1-27-15(24)14-10-7-9(3-4-12(10)21-22-14)23-28(25,26)13-5-2-8(17)6-11(13)16(18,19)20/h2-7,23H,1H3,(H,21,22). The zero-order chi connectivity index (χ0) is 20.7. The molecular weight excluding hydrogens is 406 g/mol. The lowest BCUT2D eigenvalue weighted by Gasteiger charge is -2.14. The number of anilines is 1. The maximum absolute atomic E-state index is 13.2. The zero-order valence-electron chi connectivity index (χ0n) is 14.0. The zero-order valence-corrected chi connectivity index (χ0v) is 14.8. The molecule has 0 aliphatic rings. The fourth-order valence-electron chi connectivity index (χ4n) is 2.50. The van der Waals surface area contributed by atoms with Crippen molar-refractivity contribution in [1.82, 2.24) is 10.2 Å². The maximum Gasteiger partial charge on any atom is 0.417 e. The second-order valence-electron chi connectivity index (χ2n) is 5.57. The minimum Gasteiger partial charge on any atom is -0.464 e. The number of fused-ring (bicyclic) bond motifs is 1. The second-order valence-corrected chi connectivity index (χ2v) is 7.22. The van der Waals surface area contributed by atoms with Gasteiger partial charge in [0.1, 0.15) is 5.82 Å². The number of carbonyl (C=O) groups excluding carboxylic acids is 1. The molecule has 148 valence electrons. The van der Waals surface area contributed by atoms with Crippen molar-refractivity contribution in [3.05, 3.63) is 53.5 Å². The van der Waals surface area contributed by atoms with E-state index in [0.717, 1.165) is 7.11 Å². The number of methoxy groups -OCH3 is 1. The van der Waals surface area contributed by atoms with Gasteiger partial charge in [-0.2, -0.15) is 18.3 Å². The average Bonchev–Trinajstić information content (AvgIpc) is 3.03. The van der Waals surface area contributed by atoms with Crippen molar-refractivity contribution in [3.63, 3.8) is 0 Å². The number of carbonyl (C=O) groups is 1. The summed E-state index contributed by atoms with van der Waals surface area (Å²) in [6.07, 6.45) is -5.08. The lowest BCUT2D eigenvalue weighted by Crippen LogP contribution is -2.19. The van der Waals surface area contributed by atoms with E-state index in [1.807, 2.05) is 4.72 Å². The van der Waals surface area contributed by atoms with Crippen molar-refractivity contribution in [2.45, 2.75) is 11.1 Å². The first-order valence-corrected chi connectivity index (χ1v) is 8.97. The number of nitrogens with zero attached hydrogens (tertiary/aromatic N) is 1. The molecule has 0 aliphatic heterocycles. The van der Waals surface area contributed by atoms with Crippen LogP contribution < -0.4 is 4.72 Å². The Labute approximate surface area is 155 Å². The first-order valence-electron chi connectivity index (χ1n) is 7.49. The summed E-state index contributed by atoms with van der Waals surface area (Å²) in [6, 6.07) is 5.08. The number of nitrogens with one attached hydrogen (secondary N) is 2. The normalized spacial score (nSPS) is 12.2. The fourth-order valence-corrected chi connectivity index (χ4v) is 3.76. The highest BCUT2D eigenvalue weighted by Crippen LogP contribution is 2.35. The van der Waals surface area contributed by atoms with Crippen LogP contribution >= 0.6 is 0 Å². The Hall–Kier alpha value is -3.15. The number of hydrogen-bond donors (Lipinski definition) is 2. The number of ether oxygens (including phenoxy) is 1. The molecule has 0 saturated heterocycles. The van der Waals surface area contributed by atoms with Crippen LogP contribution in [0.5, 0.6) is 0 Å². The van der Waals surface area contributed by atoms with Crippen LogP contribution in [0.25, 0.3) is 10.9 Å². The quantitative estimate of drug-likeness (QED) is 0.501. The van der Waals surface area contributed by atoms with Crippen LogP contribution in [0.4, 0.5) is 23.2 Å². The van der Waals surface area contributed by atoms with Gasteiger partial charge in [-0.1, -0.05) is 0 Å². The van der Waals surface area contributed by atoms with Crippen molar-refractivity contribution >= 4 is 32.6 Å². The number of hydrogen-bond acceptors (Lipinski definition) is 5. The van der Waals surface area contributed by atoms with E-state index in [2.05, 4.69) is 14.9 Å². The molecule has 0 aliphatic carbocycles. The van der Waals surface area contributed by atoms with Crippen molar-refractivity contribution in [3.8, 4) is 0 Å². The van der Waals surface area contributed by atoms with E-state index in [9.17, 15) is 30.8 Å². The number of H-pyrrole nitrogens is 1. The number of aromatic amines is 1. The Bertz CT molecular complexity index is 1170. The number of aromatic nitrogens is 2. The van der Waals surface area contributed by atoms with E-state index in [1.54, 1.807) is 0 Å². The summed E-state index contributed by atoms with van der Waals surface area (Å²) in [5.74, 6) is -2.02. The minimum atomic E-state index is -5.08. The van der Waals surface area contributed by atoms with Gasteiger partial charge in [-0.3, -0.25) is 9.82 Å². The van der Waals surface area contributed by atoms with E-state index in [0.29, 0.717) is 17.6 Å². The van der Waals surface area contributed by atoms with Crippen molar-refractivity contribution in [2.24, 2.45) is 0 Å². The molecule has 0 saturated carbocycles. The molecule has 0 bridgehead atoms. The molecule has 0 fully saturated rings. The first kappa shape index (κ1) is 19.6. The molecule has 7 nitrogen and oxygen atoms in total. The van der Waals surface area contributed by atoms with Crippen LogP contribution in [0, 0.1) is 5.82 Å². The largest absolute Gasteiger partial charge is 0.464 e. The number of benzene rings is 2. The third kappa shape index (κ3) is 3.63. The lowest BCUT2D eigenvalue weighted by atomic mass is 10.2. The molecule has 0 radical (unpaired) electrons. The van der Waals surface area contributed by atoms with Crippen LogP contribution in [-0.2, 0) is 20.9 Å². The number of alkyl halides is 3. The monoisotopic (exact) mass is 417 g/mol. The molecule has 3 rings (SSSR count). The predicted molar refractivity (Wildman–Crippen MR) is 89.6 cm³/mol. The first-order chi connectivity index (χ1) is 13.0. The second kappa shape index (κ2) is 6.78. The highest BCUT2D eigenvalue weighted by atomic mass is 32.2. The molecule has 0 amide bonds. The highest BCUT2D eigenvalue weighted by Gasteiger charge is 2.37. The van der Waals surface area contributed by atoms with Crippen LogP contribution in [0.3, 0.4) is 0 Å². The Morgan fingerprint density at radius 1 is 1.18 bits per heavy atom. The summed E-state index contributed by atoms with van der Waals surface area (Å²) >= 11 is 0. The molecular formula is C16H11F4N3O4S. The van der Waals surface area contributed by atoms with Crippen LogP contribution in [0.1, 0.15) is 16.1 Å². The van der Waals surface area contributed by atoms with Gasteiger partial charge < -0.3 is 4.74 Å². The molecule has 12 heteroatoms. The molecule has 0 unspecified atom stereocenters. The van der Waals surface area contributed by atoms with E-state index in [1.165, 1.54) is 18.2 Å². The van der Waals surface area contributed by atoms with Gasteiger partial charge in [0.2, 0.25) is 0 Å². The molecule has 2 N–H and O–H groups in total. The molecule has 2 aromatic carbocycles. The van der Waals surface area contributed by atoms with Crippen LogP contribution in [0.2, 0.25) is 0 Å². The smallest absolute Gasteiger partial charge is 0.417 e. The molecule has 0 spiro atoms. The van der Waals surface area contributed by atoms with Crippen molar-refractivity contribution < 1.29 is 35.5 Å². The Morgan fingerprint density at radius 2 is 1.89 bits per heavy atom. The van der Waals surface area contributed by atoms with E-state index in [4.69, 9.17) is 0 Å². The Morgan fingerprint density at radius 3 is 2.54 bits per heavy atom. The van der Waals surface area contributed by atoms with Gasteiger partial charge in [0.25, 0.3) is 10.0 Å².